The predicted octanol–water partition coefficient (Wildman–Crippen LogP) is 5.07. The monoisotopic (exact) mass is 439 g/mol. The first-order valence-corrected chi connectivity index (χ1v) is 11.1. The Morgan fingerprint density at radius 1 is 1.00 bits per heavy atom. The summed E-state index contributed by atoms with van der Waals surface area (Å²) < 4.78 is 2.15. The Morgan fingerprint density at radius 3 is 2.44 bits per heavy atom. The number of carbonyl (C=O) groups excluding carboxylic acids is 1. The molecule has 0 saturated heterocycles. The van der Waals surface area contributed by atoms with Gasteiger partial charge in [0.25, 0.3) is 5.91 Å². The first kappa shape index (κ1) is 20.2. The molecule has 0 unspecified atom stereocenters. The molecule has 0 aliphatic carbocycles. The third-order valence-corrected chi connectivity index (χ3v) is 6.50. The average molecular weight is 440 g/mol. The van der Waals surface area contributed by atoms with Crippen LogP contribution in [0.2, 0.25) is 0 Å². The van der Waals surface area contributed by atoms with E-state index >= 15 is 0 Å². The molecule has 0 atom stereocenters. The Labute approximate surface area is 190 Å². The molecule has 2 aliphatic heterocycles. The van der Waals surface area contributed by atoms with Gasteiger partial charge in [0.1, 0.15) is 5.04 Å². The summed E-state index contributed by atoms with van der Waals surface area (Å²) in [5.74, 6) is -0.378. The number of hydrazone groups is 1. The number of hydrogen-bond donors (Lipinski definition) is 1. The fourth-order valence-electron chi connectivity index (χ4n) is 3.87. The molecule has 2 aliphatic rings. The van der Waals surface area contributed by atoms with Gasteiger partial charge in [0, 0.05) is 22.6 Å². The molecule has 1 aromatic heterocycles. The topological polar surface area (TPSA) is 73.8 Å². The van der Waals surface area contributed by atoms with Crippen molar-refractivity contribution in [3.05, 3.63) is 94.3 Å². The van der Waals surface area contributed by atoms with E-state index in [-0.39, 0.29) is 11.4 Å². The lowest BCUT2D eigenvalue weighted by atomic mass is 10.1. The van der Waals surface area contributed by atoms with E-state index in [9.17, 15) is 4.79 Å². The van der Waals surface area contributed by atoms with Crippen LogP contribution in [0.3, 0.4) is 0 Å². The molecule has 5 rings (SSSR count). The largest absolute Gasteiger partial charge is 0.318 e. The van der Waals surface area contributed by atoms with Crippen LogP contribution in [0, 0.1) is 26.2 Å². The summed E-state index contributed by atoms with van der Waals surface area (Å²) in [5.41, 5.74) is 6.37. The van der Waals surface area contributed by atoms with Crippen LogP contribution in [0.15, 0.2) is 76.3 Å². The van der Waals surface area contributed by atoms with Crippen molar-refractivity contribution in [1.29, 1.82) is 5.41 Å². The van der Waals surface area contributed by atoms with E-state index in [1.807, 2.05) is 50.2 Å². The van der Waals surface area contributed by atoms with Gasteiger partial charge in [-0.05, 0) is 62.4 Å². The Hall–Kier alpha value is -3.71. The van der Waals surface area contributed by atoms with Gasteiger partial charge in [-0.1, -0.05) is 48.0 Å². The van der Waals surface area contributed by atoms with Crippen molar-refractivity contribution in [2.24, 2.45) is 10.1 Å². The summed E-state index contributed by atoms with van der Waals surface area (Å²) in [6.45, 7) is 6.11. The summed E-state index contributed by atoms with van der Waals surface area (Å²) in [6, 6.07) is 20.1. The Balaban J connectivity index is 1.51. The van der Waals surface area contributed by atoms with Crippen molar-refractivity contribution >= 4 is 39.8 Å². The molecule has 0 spiro atoms. The van der Waals surface area contributed by atoms with E-state index in [4.69, 9.17) is 5.41 Å². The lowest BCUT2D eigenvalue weighted by Crippen LogP contribution is -2.35. The van der Waals surface area contributed by atoms with Gasteiger partial charge in [0.15, 0.2) is 5.84 Å². The van der Waals surface area contributed by atoms with Gasteiger partial charge in [0.05, 0.1) is 5.57 Å². The van der Waals surface area contributed by atoms with Crippen LogP contribution in [0.1, 0.15) is 28.1 Å². The number of aryl methyl sites for hydroxylation is 2. The van der Waals surface area contributed by atoms with Crippen molar-refractivity contribution in [1.82, 2.24) is 9.58 Å². The lowest BCUT2D eigenvalue weighted by molar-refractivity contribution is -0.114. The predicted molar refractivity (Wildman–Crippen MR) is 131 cm³/mol. The average Bonchev–Trinajstić information content (AvgIpc) is 3.33. The zero-order valence-electron chi connectivity index (χ0n) is 18.0. The van der Waals surface area contributed by atoms with Crippen molar-refractivity contribution < 1.29 is 4.79 Å². The fraction of sp³-hybridized carbons (Fsp3) is 0.120. The number of carbonyl (C=O) groups is 1. The van der Waals surface area contributed by atoms with Crippen LogP contribution in [-0.4, -0.2) is 31.5 Å². The van der Waals surface area contributed by atoms with E-state index in [2.05, 4.69) is 45.9 Å². The van der Waals surface area contributed by atoms with Gasteiger partial charge in [-0.2, -0.15) is 15.1 Å². The number of aromatic nitrogens is 1. The van der Waals surface area contributed by atoms with Crippen LogP contribution < -0.4 is 0 Å². The molecule has 3 aromatic rings. The number of rotatable bonds is 3. The summed E-state index contributed by atoms with van der Waals surface area (Å²) >= 11 is 1.30. The van der Waals surface area contributed by atoms with E-state index in [0.29, 0.717) is 5.17 Å². The van der Waals surface area contributed by atoms with E-state index in [1.165, 1.54) is 22.3 Å². The van der Waals surface area contributed by atoms with Gasteiger partial charge < -0.3 is 4.57 Å². The maximum atomic E-state index is 12.8. The van der Waals surface area contributed by atoms with Gasteiger partial charge in [0.2, 0.25) is 5.17 Å². The van der Waals surface area contributed by atoms with Gasteiger partial charge in [-0.3, -0.25) is 10.2 Å². The number of nitrogens with zero attached hydrogens (tertiary/aromatic N) is 4. The number of amides is 1. The second-order valence-corrected chi connectivity index (χ2v) is 8.74. The quantitative estimate of drug-likeness (QED) is 0.579. The summed E-state index contributed by atoms with van der Waals surface area (Å²) in [6.07, 6.45) is 1.75. The van der Waals surface area contributed by atoms with Crippen LogP contribution in [0.25, 0.3) is 11.8 Å². The molecule has 158 valence electrons. The number of benzene rings is 2. The van der Waals surface area contributed by atoms with Crippen LogP contribution in [0.4, 0.5) is 0 Å². The molecular formula is C25H21N5OS. The second kappa shape index (κ2) is 7.76. The van der Waals surface area contributed by atoms with E-state index in [0.717, 1.165) is 33.2 Å². The number of amidine groups is 2. The van der Waals surface area contributed by atoms with E-state index < -0.39 is 5.91 Å². The van der Waals surface area contributed by atoms with Crippen molar-refractivity contribution in [2.45, 2.75) is 20.8 Å². The third kappa shape index (κ3) is 3.40. The third-order valence-electron chi connectivity index (χ3n) is 5.54. The first-order valence-electron chi connectivity index (χ1n) is 10.2. The number of hydrogen-bond acceptors (Lipinski definition) is 4. The van der Waals surface area contributed by atoms with E-state index in [1.54, 1.807) is 6.08 Å². The van der Waals surface area contributed by atoms with Gasteiger partial charge in [-0.25, -0.2) is 0 Å². The number of aliphatic imine (C=N–C) groups is 1. The second-order valence-electron chi connectivity index (χ2n) is 7.79. The molecule has 1 amide bonds. The number of fused-ring (bicyclic) bond motifs is 1. The maximum Gasteiger partial charge on any atom is 0.283 e. The Morgan fingerprint density at radius 2 is 1.72 bits per heavy atom. The fourth-order valence-corrected chi connectivity index (χ4v) is 4.77. The molecule has 7 heteroatoms. The minimum atomic E-state index is -0.418. The molecule has 1 N–H and O–H groups in total. The maximum absolute atomic E-state index is 12.8. The molecule has 0 bridgehead atoms. The minimum absolute atomic E-state index is 0.0403. The molecular weight excluding hydrogens is 418 g/mol. The molecule has 0 radical (unpaired) electrons. The SMILES string of the molecule is Cc1ccc(-n2c(C)cc(/C=C3/C(=N)N4N=C(c5ccccc5)SC4=NC3=O)c2C)cc1. The number of nitrogens with one attached hydrogen (secondary N) is 1. The standard InChI is InChI=1S/C25H21N5OS/c1-15-9-11-20(12-10-15)29-16(2)13-19(17(29)3)14-21-22(26)30-25(27-23(21)31)32-24(28-30)18-7-5-4-6-8-18/h4-14,26H,1-3H3/b21-14-,26-22?. The highest BCUT2D eigenvalue weighted by atomic mass is 32.2. The molecule has 0 fully saturated rings. The summed E-state index contributed by atoms with van der Waals surface area (Å²) in [7, 11) is 0. The van der Waals surface area contributed by atoms with Gasteiger partial charge >= 0.3 is 0 Å². The highest BCUT2D eigenvalue weighted by Crippen LogP contribution is 2.31. The van der Waals surface area contributed by atoms with Crippen molar-refractivity contribution in [2.75, 3.05) is 0 Å². The van der Waals surface area contributed by atoms with Crippen LogP contribution >= 0.6 is 11.8 Å². The number of thioether (sulfide) groups is 1. The zero-order valence-corrected chi connectivity index (χ0v) is 18.8. The molecule has 32 heavy (non-hydrogen) atoms. The Kier molecular flexibility index (Phi) is 4.90. The summed E-state index contributed by atoms with van der Waals surface area (Å²) in [4.78, 5) is 17.0. The molecule has 2 aromatic carbocycles. The zero-order chi connectivity index (χ0) is 22.4. The normalized spacial score (nSPS) is 17.0. The molecule has 6 nitrogen and oxygen atoms in total. The Bertz CT molecular complexity index is 1350. The molecule has 3 heterocycles. The highest BCUT2D eigenvalue weighted by Gasteiger charge is 2.36. The smallest absolute Gasteiger partial charge is 0.283 e. The summed E-state index contributed by atoms with van der Waals surface area (Å²) in [5, 5.41) is 15.8. The minimum Gasteiger partial charge on any atom is -0.318 e. The van der Waals surface area contributed by atoms with Crippen LogP contribution in [0.5, 0.6) is 0 Å². The van der Waals surface area contributed by atoms with Gasteiger partial charge in [-0.15, -0.1) is 0 Å². The van der Waals surface area contributed by atoms with Crippen LogP contribution in [-0.2, 0) is 4.79 Å². The first-order chi connectivity index (χ1) is 15.4. The van der Waals surface area contributed by atoms with Crippen molar-refractivity contribution in [3.8, 4) is 5.69 Å². The van der Waals surface area contributed by atoms with Crippen molar-refractivity contribution in [3.63, 3.8) is 0 Å². The highest BCUT2D eigenvalue weighted by molar-refractivity contribution is 8.27. The lowest BCUT2D eigenvalue weighted by Gasteiger charge is -2.20. The molecule has 0 saturated carbocycles.